The van der Waals surface area contributed by atoms with Crippen LogP contribution in [0.25, 0.3) is 0 Å². The lowest BCUT2D eigenvalue weighted by Gasteiger charge is -1.87. The molecule has 1 heterocycles. The molecule has 1 aromatic heterocycles. The average Bonchev–Trinajstić information content (AvgIpc) is 2.37. The molecule has 4 heteroatoms. The van der Waals surface area contributed by atoms with E-state index in [1.807, 2.05) is 6.07 Å². The van der Waals surface area contributed by atoms with Crippen molar-refractivity contribution in [3.05, 3.63) is 18.2 Å². The molecule has 0 atom stereocenters. The van der Waals surface area contributed by atoms with Crippen LogP contribution in [-0.4, -0.2) is 9.55 Å². The molecule has 0 aliphatic heterocycles. The third-order valence-electron chi connectivity index (χ3n) is 1.15. The highest BCUT2D eigenvalue weighted by molar-refractivity contribution is 4.96. The van der Waals surface area contributed by atoms with Gasteiger partial charge in [-0.15, -0.1) is 0 Å². The number of hydrogen-bond acceptors (Lipinski definition) is 3. The lowest BCUT2D eigenvalue weighted by molar-refractivity contribution is 0.829. The first kappa shape index (κ1) is 6.78. The summed E-state index contributed by atoms with van der Waals surface area (Å²) in [5, 5.41) is 8.27. The fourth-order valence-corrected chi connectivity index (χ4v) is 0.680. The third kappa shape index (κ3) is 1.33. The minimum absolute atomic E-state index is 0.340. The van der Waals surface area contributed by atoms with E-state index in [1.54, 1.807) is 17.1 Å². The summed E-state index contributed by atoms with van der Waals surface area (Å²) in [6, 6.07) is 2.00. The number of rotatable bonds is 2. The molecule has 0 amide bonds. The van der Waals surface area contributed by atoms with Crippen molar-refractivity contribution in [1.29, 1.82) is 5.26 Å². The smallest absolute Gasteiger partial charge is 0.111 e. The zero-order valence-electron chi connectivity index (χ0n) is 5.49. The van der Waals surface area contributed by atoms with Crippen LogP contribution < -0.4 is 5.73 Å². The van der Waals surface area contributed by atoms with Crippen LogP contribution in [0.3, 0.4) is 0 Å². The Morgan fingerprint density at radius 1 is 1.80 bits per heavy atom. The number of aromatic nitrogens is 2. The van der Waals surface area contributed by atoms with E-state index in [0.29, 0.717) is 13.1 Å². The summed E-state index contributed by atoms with van der Waals surface area (Å²) in [5.41, 5.74) is 6.12. The second-order valence-corrected chi connectivity index (χ2v) is 1.90. The second kappa shape index (κ2) is 2.99. The van der Waals surface area contributed by atoms with E-state index in [0.717, 1.165) is 5.69 Å². The van der Waals surface area contributed by atoms with Gasteiger partial charge in [0.25, 0.3) is 0 Å². The molecule has 2 N–H and O–H groups in total. The summed E-state index contributed by atoms with van der Waals surface area (Å²) < 4.78 is 1.70. The van der Waals surface area contributed by atoms with Gasteiger partial charge in [-0.05, 0) is 0 Å². The Morgan fingerprint density at radius 2 is 2.60 bits per heavy atom. The normalized spacial score (nSPS) is 9.20. The molecular formula is C6H8N4. The SMILES string of the molecule is N#CCn1cnc(CN)c1. The molecule has 0 spiro atoms. The summed E-state index contributed by atoms with van der Waals surface area (Å²) in [4.78, 5) is 3.94. The van der Waals surface area contributed by atoms with Crippen molar-refractivity contribution in [3.8, 4) is 6.07 Å². The van der Waals surface area contributed by atoms with E-state index in [9.17, 15) is 0 Å². The third-order valence-corrected chi connectivity index (χ3v) is 1.15. The van der Waals surface area contributed by atoms with E-state index in [2.05, 4.69) is 4.98 Å². The van der Waals surface area contributed by atoms with Gasteiger partial charge in [-0.3, -0.25) is 0 Å². The van der Waals surface area contributed by atoms with E-state index in [1.165, 1.54) is 0 Å². The van der Waals surface area contributed by atoms with Crippen molar-refractivity contribution in [2.45, 2.75) is 13.1 Å². The van der Waals surface area contributed by atoms with Crippen LogP contribution in [0.4, 0.5) is 0 Å². The second-order valence-electron chi connectivity index (χ2n) is 1.90. The maximum absolute atomic E-state index is 8.27. The molecule has 0 saturated heterocycles. The summed E-state index contributed by atoms with van der Waals surface area (Å²) >= 11 is 0. The molecule has 0 saturated carbocycles. The van der Waals surface area contributed by atoms with Gasteiger partial charge in [-0.2, -0.15) is 5.26 Å². The standard InChI is InChI=1S/C6H8N4/c7-1-2-10-4-6(3-8)9-5-10/h4-5H,2-3,8H2. The maximum atomic E-state index is 8.27. The molecule has 0 aliphatic carbocycles. The van der Waals surface area contributed by atoms with Crippen molar-refractivity contribution in [3.63, 3.8) is 0 Å². The predicted molar refractivity (Wildman–Crippen MR) is 35.7 cm³/mol. The number of nitrogens with two attached hydrogens (primary N) is 1. The first-order valence-electron chi connectivity index (χ1n) is 2.94. The van der Waals surface area contributed by atoms with Crippen molar-refractivity contribution in [2.75, 3.05) is 0 Å². The van der Waals surface area contributed by atoms with Crippen LogP contribution in [0.1, 0.15) is 5.69 Å². The molecule has 1 rings (SSSR count). The molecular weight excluding hydrogens is 128 g/mol. The van der Waals surface area contributed by atoms with E-state index >= 15 is 0 Å². The van der Waals surface area contributed by atoms with Gasteiger partial charge >= 0.3 is 0 Å². The molecule has 0 aromatic carbocycles. The summed E-state index contributed by atoms with van der Waals surface area (Å²) in [6.07, 6.45) is 3.37. The molecule has 52 valence electrons. The predicted octanol–water partition coefficient (Wildman–Crippen LogP) is -0.135. The topological polar surface area (TPSA) is 67.6 Å². The van der Waals surface area contributed by atoms with Crippen LogP contribution in [0, 0.1) is 11.3 Å². The molecule has 0 unspecified atom stereocenters. The van der Waals surface area contributed by atoms with E-state index in [-0.39, 0.29) is 0 Å². The minimum atomic E-state index is 0.340. The van der Waals surface area contributed by atoms with Crippen LogP contribution >= 0.6 is 0 Å². The van der Waals surface area contributed by atoms with Crippen LogP contribution in [0.5, 0.6) is 0 Å². The first-order valence-corrected chi connectivity index (χ1v) is 2.94. The van der Waals surface area contributed by atoms with Gasteiger partial charge in [0.05, 0.1) is 18.1 Å². The number of imidazole rings is 1. The molecule has 0 fully saturated rings. The number of nitriles is 1. The fraction of sp³-hybridized carbons (Fsp3) is 0.333. The Bertz CT molecular complexity index is 244. The largest absolute Gasteiger partial charge is 0.325 e. The van der Waals surface area contributed by atoms with Gasteiger partial charge < -0.3 is 10.3 Å². The zero-order chi connectivity index (χ0) is 7.40. The Hall–Kier alpha value is -1.34. The quantitative estimate of drug-likeness (QED) is 0.615. The minimum Gasteiger partial charge on any atom is -0.325 e. The fourth-order valence-electron chi connectivity index (χ4n) is 0.680. The van der Waals surface area contributed by atoms with Gasteiger partial charge in [-0.1, -0.05) is 0 Å². The average molecular weight is 136 g/mol. The van der Waals surface area contributed by atoms with Gasteiger partial charge in [0.1, 0.15) is 6.54 Å². The van der Waals surface area contributed by atoms with Crippen LogP contribution in [0.15, 0.2) is 12.5 Å². The van der Waals surface area contributed by atoms with Crippen molar-refractivity contribution >= 4 is 0 Å². The van der Waals surface area contributed by atoms with Crippen LogP contribution in [-0.2, 0) is 13.1 Å². The van der Waals surface area contributed by atoms with Gasteiger partial charge in [0, 0.05) is 12.7 Å². The zero-order valence-corrected chi connectivity index (χ0v) is 5.49. The molecule has 4 nitrogen and oxygen atoms in total. The summed E-state index contributed by atoms with van der Waals surface area (Å²) in [7, 11) is 0. The highest BCUT2D eigenvalue weighted by Crippen LogP contribution is 1.92. The summed E-state index contributed by atoms with van der Waals surface area (Å²) in [5.74, 6) is 0. The van der Waals surface area contributed by atoms with E-state index in [4.69, 9.17) is 11.0 Å². The molecule has 0 radical (unpaired) electrons. The Morgan fingerprint density at radius 3 is 3.10 bits per heavy atom. The lowest BCUT2D eigenvalue weighted by atomic mass is 10.5. The van der Waals surface area contributed by atoms with Gasteiger partial charge in [-0.25, -0.2) is 4.98 Å². The highest BCUT2D eigenvalue weighted by Gasteiger charge is 1.93. The maximum Gasteiger partial charge on any atom is 0.111 e. The number of nitrogens with zero attached hydrogens (tertiary/aromatic N) is 3. The number of hydrogen-bond donors (Lipinski definition) is 1. The molecule has 0 aliphatic rings. The van der Waals surface area contributed by atoms with Crippen molar-refractivity contribution in [2.24, 2.45) is 5.73 Å². The Balaban J connectivity index is 2.70. The van der Waals surface area contributed by atoms with Crippen molar-refractivity contribution in [1.82, 2.24) is 9.55 Å². The molecule has 0 bridgehead atoms. The van der Waals surface area contributed by atoms with E-state index < -0.39 is 0 Å². The summed E-state index contributed by atoms with van der Waals surface area (Å²) in [6.45, 7) is 0.769. The van der Waals surface area contributed by atoms with Gasteiger partial charge in [0.15, 0.2) is 0 Å². The Labute approximate surface area is 58.9 Å². The molecule has 10 heavy (non-hydrogen) atoms. The highest BCUT2D eigenvalue weighted by atomic mass is 15.0. The molecule has 1 aromatic rings. The lowest BCUT2D eigenvalue weighted by Crippen LogP contribution is -1.96. The monoisotopic (exact) mass is 136 g/mol. The van der Waals surface area contributed by atoms with Gasteiger partial charge in [0.2, 0.25) is 0 Å². The van der Waals surface area contributed by atoms with Crippen LogP contribution in [0.2, 0.25) is 0 Å². The Kier molecular flexibility index (Phi) is 2.03. The van der Waals surface area contributed by atoms with Crippen molar-refractivity contribution < 1.29 is 0 Å². The first-order chi connectivity index (χ1) is 4.86.